The molecule has 21 heavy (non-hydrogen) atoms. The van der Waals surface area contributed by atoms with Gasteiger partial charge in [0.15, 0.2) is 0 Å². The number of hydrogen-bond acceptors (Lipinski definition) is 5. The molecule has 0 unspecified atom stereocenters. The van der Waals surface area contributed by atoms with Gasteiger partial charge in [0.25, 0.3) is 0 Å². The SMILES string of the molecule is CC(=O)Nc1sc2c(c1CC(=O)NNC(=S)[S-])CCCC2. The van der Waals surface area contributed by atoms with Crippen molar-refractivity contribution in [3.8, 4) is 0 Å². The van der Waals surface area contributed by atoms with E-state index in [1.807, 2.05) is 0 Å². The highest BCUT2D eigenvalue weighted by atomic mass is 32.1. The quantitative estimate of drug-likeness (QED) is 0.442. The van der Waals surface area contributed by atoms with Gasteiger partial charge in [0, 0.05) is 11.8 Å². The summed E-state index contributed by atoms with van der Waals surface area (Å²) in [6.07, 6.45) is 4.45. The zero-order chi connectivity index (χ0) is 15.4. The van der Waals surface area contributed by atoms with Gasteiger partial charge >= 0.3 is 0 Å². The first kappa shape index (κ1) is 16.1. The van der Waals surface area contributed by atoms with Crippen LogP contribution in [0.4, 0.5) is 5.00 Å². The molecular weight excluding hydrogens is 326 g/mol. The minimum atomic E-state index is -0.222. The van der Waals surface area contributed by atoms with E-state index in [1.165, 1.54) is 17.4 Å². The lowest BCUT2D eigenvalue weighted by molar-refractivity contribution is -0.121. The lowest BCUT2D eigenvalue weighted by Gasteiger charge is -2.14. The van der Waals surface area contributed by atoms with Gasteiger partial charge in [-0.2, -0.15) is 0 Å². The second kappa shape index (κ2) is 7.15. The number of aryl methyl sites for hydroxylation is 1. The van der Waals surface area contributed by atoms with E-state index in [-0.39, 0.29) is 22.6 Å². The van der Waals surface area contributed by atoms with E-state index in [4.69, 9.17) is 0 Å². The standard InChI is InChI=1S/C13H17N3O2S3/c1-7(17)14-12-9(6-11(18)15-16-13(19)20)8-4-2-3-5-10(8)21-12/h2-6H2,1H3,(H,14,17)(H,15,18)(H2,16,19,20)/p-1. The maximum Gasteiger partial charge on any atom is 0.242 e. The van der Waals surface area contributed by atoms with Crippen LogP contribution in [0.5, 0.6) is 0 Å². The van der Waals surface area contributed by atoms with Crippen LogP contribution in [0, 0.1) is 0 Å². The molecule has 1 aliphatic rings. The third-order valence-corrected chi connectivity index (χ3v) is 4.67. The molecule has 2 amide bonds. The van der Waals surface area contributed by atoms with Crippen molar-refractivity contribution >= 4 is 57.3 Å². The number of carbonyl (C=O) groups is 2. The number of nitrogens with one attached hydrogen (secondary N) is 3. The number of thiocarbonyl (C=S) groups is 1. The smallest absolute Gasteiger partial charge is 0.242 e. The Bertz CT molecular complexity index is 583. The van der Waals surface area contributed by atoms with Crippen LogP contribution in [-0.4, -0.2) is 16.1 Å². The van der Waals surface area contributed by atoms with Crippen LogP contribution >= 0.6 is 23.6 Å². The van der Waals surface area contributed by atoms with Crippen molar-refractivity contribution < 1.29 is 9.59 Å². The molecule has 1 aliphatic carbocycles. The minimum Gasteiger partial charge on any atom is -0.410 e. The Morgan fingerprint density at radius 2 is 2.00 bits per heavy atom. The van der Waals surface area contributed by atoms with Crippen molar-refractivity contribution in [2.24, 2.45) is 0 Å². The average molecular weight is 342 g/mol. The summed E-state index contributed by atoms with van der Waals surface area (Å²) in [6, 6.07) is 0. The number of anilines is 1. The molecule has 1 heterocycles. The molecule has 0 spiro atoms. The van der Waals surface area contributed by atoms with Gasteiger partial charge < -0.3 is 35.6 Å². The van der Waals surface area contributed by atoms with E-state index in [2.05, 4.69) is 41.0 Å². The summed E-state index contributed by atoms with van der Waals surface area (Å²) in [5.41, 5.74) is 7.06. The van der Waals surface area contributed by atoms with Gasteiger partial charge in [-0.05, 0) is 41.1 Å². The van der Waals surface area contributed by atoms with Crippen molar-refractivity contribution in [3.05, 3.63) is 16.0 Å². The fourth-order valence-corrected chi connectivity index (χ4v) is 3.86. The van der Waals surface area contributed by atoms with Gasteiger partial charge in [-0.1, -0.05) is 0 Å². The van der Waals surface area contributed by atoms with Gasteiger partial charge in [-0.25, -0.2) is 0 Å². The molecule has 2 rings (SSSR count). The van der Waals surface area contributed by atoms with Gasteiger partial charge in [-0.15, -0.1) is 11.3 Å². The second-order valence-corrected chi connectivity index (χ2v) is 7.02. The topological polar surface area (TPSA) is 70.2 Å². The second-order valence-electron chi connectivity index (χ2n) is 4.84. The van der Waals surface area contributed by atoms with Crippen molar-refractivity contribution in [1.82, 2.24) is 10.9 Å². The highest BCUT2D eigenvalue weighted by Gasteiger charge is 2.22. The molecule has 5 nitrogen and oxygen atoms in total. The predicted octanol–water partition coefficient (Wildman–Crippen LogP) is 1.58. The Labute approximate surface area is 138 Å². The Kier molecular flexibility index (Phi) is 5.49. The van der Waals surface area contributed by atoms with Crippen molar-refractivity contribution in [2.45, 2.75) is 39.0 Å². The fourth-order valence-electron chi connectivity index (χ4n) is 2.40. The minimum absolute atomic E-state index is 0.0952. The summed E-state index contributed by atoms with van der Waals surface area (Å²) >= 11 is 10.9. The number of carbonyl (C=O) groups excluding carboxylic acids is 2. The molecule has 0 radical (unpaired) electrons. The third kappa shape index (κ3) is 4.36. The van der Waals surface area contributed by atoms with Crippen LogP contribution in [0.25, 0.3) is 0 Å². The molecule has 8 heteroatoms. The highest BCUT2D eigenvalue weighted by molar-refractivity contribution is 8.00. The number of hydrogen-bond donors (Lipinski definition) is 3. The molecule has 0 fully saturated rings. The number of rotatable bonds is 3. The maximum absolute atomic E-state index is 12.0. The molecule has 1 aromatic heterocycles. The summed E-state index contributed by atoms with van der Waals surface area (Å²) < 4.78 is 0.0952. The van der Waals surface area contributed by atoms with Crippen LogP contribution in [-0.2, 0) is 41.5 Å². The van der Waals surface area contributed by atoms with E-state index >= 15 is 0 Å². The van der Waals surface area contributed by atoms with Crippen molar-refractivity contribution in [2.75, 3.05) is 5.32 Å². The van der Waals surface area contributed by atoms with Gasteiger partial charge in [-0.3, -0.25) is 15.0 Å². The molecular formula is C13H16N3O2S3-. The van der Waals surface area contributed by atoms with E-state index < -0.39 is 0 Å². The normalized spacial score (nSPS) is 13.2. The molecule has 0 aliphatic heterocycles. The zero-order valence-corrected chi connectivity index (χ0v) is 14.0. The highest BCUT2D eigenvalue weighted by Crippen LogP contribution is 2.38. The summed E-state index contributed by atoms with van der Waals surface area (Å²) in [6.45, 7) is 1.47. The van der Waals surface area contributed by atoms with E-state index in [0.29, 0.717) is 0 Å². The largest absolute Gasteiger partial charge is 0.410 e. The van der Waals surface area contributed by atoms with E-state index in [9.17, 15) is 9.59 Å². The zero-order valence-electron chi connectivity index (χ0n) is 11.6. The van der Waals surface area contributed by atoms with E-state index in [1.54, 1.807) is 11.3 Å². The summed E-state index contributed by atoms with van der Waals surface area (Å²) in [5.74, 6) is -0.347. The Morgan fingerprint density at radius 1 is 1.29 bits per heavy atom. The van der Waals surface area contributed by atoms with Gasteiger partial charge in [0.2, 0.25) is 11.8 Å². The molecule has 1 aromatic rings. The number of amides is 2. The predicted molar refractivity (Wildman–Crippen MR) is 90.2 cm³/mol. The van der Waals surface area contributed by atoms with Crippen molar-refractivity contribution in [1.29, 1.82) is 0 Å². The molecule has 114 valence electrons. The van der Waals surface area contributed by atoms with Crippen LogP contribution in [0.1, 0.15) is 35.8 Å². The van der Waals surface area contributed by atoms with E-state index in [0.717, 1.165) is 36.2 Å². The first-order chi connectivity index (χ1) is 9.97. The van der Waals surface area contributed by atoms with Crippen LogP contribution in [0.15, 0.2) is 0 Å². The van der Waals surface area contributed by atoms with Gasteiger partial charge in [0.1, 0.15) is 0 Å². The summed E-state index contributed by atoms with van der Waals surface area (Å²) in [4.78, 5) is 24.6. The van der Waals surface area contributed by atoms with Crippen LogP contribution < -0.4 is 16.2 Å². The Hall–Kier alpha value is -1.25. The monoisotopic (exact) mass is 342 g/mol. The Morgan fingerprint density at radius 3 is 2.67 bits per heavy atom. The third-order valence-electron chi connectivity index (χ3n) is 3.21. The first-order valence-corrected chi connectivity index (χ1v) is 8.27. The summed E-state index contributed by atoms with van der Waals surface area (Å²) in [5, 5.41) is 3.62. The number of hydrazine groups is 1. The molecule has 3 N–H and O–H groups in total. The fraction of sp³-hybridized carbons (Fsp3) is 0.462. The molecule has 0 atom stereocenters. The molecule has 0 bridgehead atoms. The average Bonchev–Trinajstić information content (AvgIpc) is 2.74. The van der Waals surface area contributed by atoms with Crippen LogP contribution in [0.2, 0.25) is 0 Å². The maximum atomic E-state index is 12.0. The number of fused-ring (bicyclic) bond motifs is 1. The van der Waals surface area contributed by atoms with Crippen molar-refractivity contribution in [3.63, 3.8) is 0 Å². The number of thiophene rings is 1. The van der Waals surface area contributed by atoms with Crippen LogP contribution in [0.3, 0.4) is 0 Å². The molecule has 0 aromatic carbocycles. The lowest BCUT2D eigenvalue weighted by Crippen LogP contribution is -2.40. The van der Waals surface area contributed by atoms with Gasteiger partial charge in [0.05, 0.1) is 11.4 Å². The molecule has 0 saturated carbocycles. The lowest BCUT2D eigenvalue weighted by atomic mass is 9.94. The Balaban J connectivity index is 2.19. The molecule has 0 saturated heterocycles. The summed E-state index contributed by atoms with van der Waals surface area (Å²) in [7, 11) is 0. The first-order valence-electron chi connectivity index (χ1n) is 6.64.